The first-order valence-electron chi connectivity index (χ1n) is 4.63. The van der Waals surface area contributed by atoms with E-state index in [1.54, 1.807) is 0 Å². The summed E-state index contributed by atoms with van der Waals surface area (Å²) in [6.45, 7) is 0.0475. The number of amides is 1. The molecular formula is C10H9ClFN3O. The van der Waals surface area contributed by atoms with E-state index >= 15 is 0 Å². The first-order chi connectivity index (χ1) is 7.56. The van der Waals surface area contributed by atoms with Gasteiger partial charge in [0.2, 0.25) is 0 Å². The number of benzene rings is 1. The summed E-state index contributed by atoms with van der Waals surface area (Å²) < 4.78 is 13.4. The molecule has 4 nitrogen and oxygen atoms in total. The summed E-state index contributed by atoms with van der Waals surface area (Å²) in [5.41, 5.74) is 5.72. The lowest BCUT2D eigenvalue weighted by Crippen LogP contribution is -2.20. The molecule has 0 spiro atoms. The van der Waals surface area contributed by atoms with Gasteiger partial charge in [0.05, 0.1) is 13.0 Å². The molecule has 1 amide bonds. The lowest BCUT2D eigenvalue weighted by atomic mass is 10.2. The van der Waals surface area contributed by atoms with E-state index in [2.05, 4.69) is 5.10 Å². The van der Waals surface area contributed by atoms with Gasteiger partial charge in [-0.3, -0.25) is 4.79 Å². The molecule has 0 bridgehead atoms. The van der Waals surface area contributed by atoms with Gasteiger partial charge in [0.25, 0.3) is 5.91 Å². The second kappa shape index (κ2) is 4.09. The van der Waals surface area contributed by atoms with Crippen molar-refractivity contribution in [2.45, 2.75) is 13.0 Å². The Kier molecular flexibility index (Phi) is 2.78. The lowest BCUT2D eigenvalue weighted by Gasteiger charge is -2.12. The molecule has 0 aliphatic carbocycles. The van der Waals surface area contributed by atoms with Crippen LogP contribution >= 0.6 is 11.6 Å². The minimum Gasteiger partial charge on any atom is -0.385 e. The molecule has 1 aromatic rings. The maximum atomic E-state index is 13.4. The zero-order valence-corrected chi connectivity index (χ0v) is 9.04. The highest BCUT2D eigenvalue weighted by molar-refractivity contribution is 6.30. The number of rotatable bonds is 2. The quantitative estimate of drug-likeness (QED) is 0.853. The van der Waals surface area contributed by atoms with Gasteiger partial charge in [-0.1, -0.05) is 11.6 Å². The number of hydrogen-bond acceptors (Lipinski definition) is 3. The standard InChI is InChI=1S/C10H9ClFN3O/c11-7-1-2-8(12)6(3-7)5-15-10(16)4-9(13)14-15/h1-3H,4-5H2,(H2,13,14). The molecule has 16 heavy (non-hydrogen) atoms. The maximum Gasteiger partial charge on any atom is 0.250 e. The SMILES string of the molecule is NC1=NN(Cc2cc(Cl)ccc2F)C(=O)C1. The zero-order valence-electron chi connectivity index (χ0n) is 8.28. The fraction of sp³-hybridized carbons (Fsp3) is 0.200. The number of hydrogen-bond donors (Lipinski definition) is 1. The second-order valence-electron chi connectivity index (χ2n) is 3.46. The molecule has 2 N–H and O–H groups in total. The fourth-order valence-electron chi connectivity index (χ4n) is 1.44. The first-order valence-corrected chi connectivity index (χ1v) is 5.01. The van der Waals surface area contributed by atoms with E-state index in [1.807, 2.05) is 0 Å². The van der Waals surface area contributed by atoms with E-state index in [-0.39, 0.29) is 24.7 Å². The molecule has 0 unspecified atom stereocenters. The summed E-state index contributed by atoms with van der Waals surface area (Å²) in [5.74, 6) is -0.415. The van der Waals surface area contributed by atoms with Gasteiger partial charge in [-0.15, -0.1) is 0 Å². The first kappa shape index (κ1) is 10.9. The summed E-state index contributed by atoms with van der Waals surface area (Å²) in [6.07, 6.45) is 0.0855. The highest BCUT2D eigenvalue weighted by Gasteiger charge is 2.22. The Bertz CT molecular complexity index is 475. The van der Waals surface area contributed by atoms with Crippen LogP contribution in [0.25, 0.3) is 0 Å². The van der Waals surface area contributed by atoms with Crippen molar-refractivity contribution in [3.05, 3.63) is 34.6 Å². The van der Waals surface area contributed by atoms with Crippen LogP contribution in [0.1, 0.15) is 12.0 Å². The van der Waals surface area contributed by atoms with Crippen molar-refractivity contribution in [2.75, 3.05) is 0 Å². The Morgan fingerprint density at radius 2 is 2.31 bits per heavy atom. The van der Waals surface area contributed by atoms with Crippen molar-refractivity contribution in [2.24, 2.45) is 10.8 Å². The minimum atomic E-state index is -0.419. The summed E-state index contributed by atoms with van der Waals surface area (Å²) >= 11 is 5.74. The maximum absolute atomic E-state index is 13.4. The predicted octanol–water partition coefficient (Wildman–Crippen LogP) is 1.48. The van der Waals surface area contributed by atoms with Crippen LogP contribution in [0.4, 0.5) is 4.39 Å². The largest absolute Gasteiger partial charge is 0.385 e. The second-order valence-corrected chi connectivity index (χ2v) is 3.89. The van der Waals surface area contributed by atoms with Gasteiger partial charge >= 0.3 is 0 Å². The Morgan fingerprint density at radius 3 is 2.94 bits per heavy atom. The lowest BCUT2D eigenvalue weighted by molar-refractivity contribution is -0.129. The van der Waals surface area contributed by atoms with Crippen molar-refractivity contribution in [3.63, 3.8) is 0 Å². The highest BCUT2D eigenvalue weighted by atomic mass is 35.5. The van der Waals surface area contributed by atoms with Crippen molar-refractivity contribution in [1.29, 1.82) is 0 Å². The number of nitrogens with two attached hydrogens (primary N) is 1. The summed E-state index contributed by atoms with van der Waals surface area (Å²) in [7, 11) is 0. The summed E-state index contributed by atoms with van der Waals surface area (Å²) in [4.78, 5) is 11.4. The average molecular weight is 242 g/mol. The van der Waals surface area contributed by atoms with Gasteiger partial charge in [-0.05, 0) is 18.2 Å². The third kappa shape index (κ3) is 2.14. The minimum absolute atomic E-state index is 0.0475. The van der Waals surface area contributed by atoms with Crippen molar-refractivity contribution in [3.8, 4) is 0 Å². The Labute approximate surface area is 96.5 Å². The van der Waals surface area contributed by atoms with Crippen LogP contribution in [-0.2, 0) is 11.3 Å². The number of amidine groups is 1. The number of hydrazone groups is 1. The molecule has 6 heteroatoms. The van der Waals surface area contributed by atoms with Crippen LogP contribution in [0.5, 0.6) is 0 Å². The van der Waals surface area contributed by atoms with Crippen molar-refractivity contribution >= 4 is 23.3 Å². The van der Waals surface area contributed by atoms with Crippen LogP contribution in [0.3, 0.4) is 0 Å². The van der Waals surface area contributed by atoms with Crippen LogP contribution in [0, 0.1) is 5.82 Å². The van der Waals surface area contributed by atoms with Crippen LogP contribution in [0.15, 0.2) is 23.3 Å². The van der Waals surface area contributed by atoms with Crippen molar-refractivity contribution in [1.82, 2.24) is 5.01 Å². The third-order valence-corrected chi connectivity index (χ3v) is 2.43. The Morgan fingerprint density at radius 1 is 1.56 bits per heavy atom. The highest BCUT2D eigenvalue weighted by Crippen LogP contribution is 2.18. The van der Waals surface area contributed by atoms with Crippen LogP contribution in [-0.4, -0.2) is 16.8 Å². The zero-order chi connectivity index (χ0) is 11.7. The third-order valence-electron chi connectivity index (χ3n) is 2.20. The molecule has 0 atom stereocenters. The Balaban J connectivity index is 2.21. The molecule has 0 radical (unpaired) electrons. The molecule has 0 aromatic heterocycles. The van der Waals surface area contributed by atoms with Gasteiger partial charge in [-0.2, -0.15) is 5.10 Å². The van der Waals surface area contributed by atoms with Gasteiger partial charge in [0.15, 0.2) is 0 Å². The van der Waals surface area contributed by atoms with Gasteiger partial charge in [-0.25, -0.2) is 9.40 Å². The molecule has 0 fully saturated rings. The molecule has 1 aromatic carbocycles. The van der Waals surface area contributed by atoms with E-state index in [1.165, 1.54) is 18.2 Å². The van der Waals surface area contributed by atoms with E-state index in [9.17, 15) is 9.18 Å². The molecule has 1 aliphatic heterocycles. The number of nitrogens with zero attached hydrogens (tertiary/aromatic N) is 2. The van der Waals surface area contributed by atoms with Gasteiger partial charge in [0.1, 0.15) is 11.7 Å². The average Bonchev–Trinajstić information content (AvgIpc) is 2.51. The molecule has 0 saturated heterocycles. The topological polar surface area (TPSA) is 58.7 Å². The van der Waals surface area contributed by atoms with Gasteiger partial charge in [0, 0.05) is 10.6 Å². The summed E-state index contributed by atoms with van der Waals surface area (Å²) in [6, 6.07) is 4.17. The molecule has 1 heterocycles. The van der Waals surface area contributed by atoms with E-state index < -0.39 is 5.82 Å². The number of carbonyl (C=O) groups is 1. The molecule has 84 valence electrons. The number of halogens is 2. The predicted molar refractivity (Wildman–Crippen MR) is 58.2 cm³/mol. The smallest absolute Gasteiger partial charge is 0.250 e. The molecular weight excluding hydrogens is 233 g/mol. The summed E-state index contributed by atoms with van der Waals surface area (Å²) in [5, 5.41) is 5.36. The fourth-order valence-corrected chi connectivity index (χ4v) is 1.64. The normalized spacial score (nSPS) is 15.5. The van der Waals surface area contributed by atoms with Crippen LogP contribution < -0.4 is 5.73 Å². The van der Waals surface area contributed by atoms with E-state index in [0.29, 0.717) is 10.6 Å². The molecule has 2 rings (SSSR count). The molecule has 1 aliphatic rings. The monoisotopic (exact) mass is 241 g/mol. The molecule has 0 saturated carbocycles. The van der Waals surface area contributed by atoms with E-state index in [4.69, 9.17) is 17.3 Å². The number of carbonyl (C=O) groups excluding carboxylic acids is 1. The van der Waals surface area contributed by atoms with Crippen molar-refractivity contribution < 1.29 is 9.18 Å². The Hall–Kier alpha value is -1.62. The van der Waals surface area contributed by atoms with E-state index in [0.717, 1.165) is 5.01 Å². The van der Waals surface area contributed by atoms with Gasteiger partial charge < -0.3 is 5.73 Å². The van der Waals surface area contributed by atoms with Crippen LogP contribution in [0.2, 0.25) is 5.02 Å².